The van der Waals surface area contributed by atoms with E-state index in [1.54, 1.807) is 0 Å². The van der Waals surface area contributed by atoms with Gasteiger partial charge in [-0.05, 0) is 97.7 Å². The fourth-order valence-electron chi connectivity index (χ4n) is 7.26. The summed E-state index contributed by atoms with van der Waals surface area (Å²) >= 11 is 0. The van der Waals surface area contributed by atoms with Gasteiger partial charge in [0.05, 0.1) is 17.4 Å². The largest absolute Gasteiger partial charge is 0.340 e. The van der Waals surface area contributed by atoms with Crippen LogP contribution in [-0.4, -0.2) is 58.2 Å². The van der Waals surface area contributed by atoms with Gasteiger partial charge >= 0.3 is 0 Å². The highest BCUT2D eigenvalue weighted by Gasteiger charge is 2.28. The van der Waals surface area contributed by atoms with Crippen molar-refractivity contribution in [1.29, 1.82) is 0 Å². The summed E-state index contributed by atoms with van der Waals surface area (Å²) in [5.41, 5.74) is 20.6. The smallest absolute Gasteiger partial charge is 0.0584 e. The molecule has 0 aliphatic carbocycles. The zero-order valence-electron chi connectivity index (χ0n) is 28.5. The number of pyridine rings is 1. The van der Waals surface area contributed by atoms with Crippen LogP contribution in [0.25, 0.3) is 27.7 Å². The van der Waals surface area contributed by atoms with Crippen LogP contribution in [-0.2, 0) is 13.0 Å². The summed E-state index contributed by atoms with van der Waals surface area (Å²) in [5.74, 6) is 0.341. The van der Waals surface area contributed by atoms with Crippen molar-refractivity contribution in [3.05, 3.63) is 84.4 Å². The summed E-state index contributed by atoms with van der Waals surface area (Å²) in [5, 5.41) is 3.54. The average molecular weight is 609 g/mol. The molecule has 1 fully saturated rings. The van der Waals surface area contributed by atoms with Crippen molar-refractivity contribution in [2.75, 3.05) is 32.7 Å². The molecule has 0 spiro atoms. The molecule has 2 aliphatic heterocycles. The van der Waals surface area contributed by atoms with E-state index < -0.39 is 0 Å². The number of fused-ring (bicyclic) bond motifs is 1. The third-order valence-electron chi connectivity index (χ3n) is 9.75. The Morgan fingerprint density at radius 1 is 1.18 bits per heavy atom. The monoisotopic (exact) mass is 608 g/mol. The third kappa shape index (κ3) is 7.45. The van der Waals surface area contributed by atoms with E-state index in [9.17, 15) is 0 Å². The first-order chi connectivity index (χ1) is 21.6. The van der Waals surface area contributed by atoms with E-state index in [0.29, 0.717) is 5.92 Å². The molecule has 242 valence electrons. The number of nitrogens with two attached hydrogens (primary N) is 1. The number of nitrogens with zero attached hydrogens (tertiary/aromatic N) is 4. The first kappa shape index (κ1) is 33.2. The van der Waals surface area contributed by atoms with Gasteiger partial charge in [-0.3, -0.25) is 9.88 Å². The molecule has 0 bridgehead atoms. The van der Waals surface area contributed by atoms with Crippen LogP contribution in [0.4, 0.5) is 0 Å². The zero-order valence-corrected chi connectivity index (χ0v) is 28.5. The average Bonchev–Trinajstić information content (AvgIpc) is 3.35. The van der Waals surface area contributed by atoms with E-state index in [2.05, 4.69) is 110 Å². The molecule has 4 heterocycles. The first-order valence-electron chi connectivity index (χ1n) is 17.2. The maximum atomic E-state index is 6.72. The number of nitrogens with one attached hydrogen (secondary N) is 1. The van der Waals surface area contributed by atoms with Gasteiger partial charge in [-0.1, -0.05) is 52.5 Å². The number of aryl methyl sites for hydroxylation is 1. The minimum Gasteiger partial charge on any atom is -0.340 e. The van der Waals surface area contributed by atoms with E-state index in [-0.39, 0.29) is 11.5 Å². The summed E-state index contributed by atoms with van der Waals surface area (Å²) in [7, 11) is 0. The number of allylic oxidation sites excluding steroid dienone is 1. The molecule has 3 N–H and O–H groups in total. The van der Waals surface area contributed by atoms with E-state index in [1.165, 1.54) is 57.4 Å². The summed E-state index contributed by atoms with van der Waals surface area (Å²) < 4.78 is 2.53. The predicted molar refractivity (Wildman–Crippen MR) is 192 cm³/mol. The van der Waals surface area contributed by atoms with Crippen LogP contribution in [0.15, 0.2) is 67.5 Å². The van der Waals surface area contributed by atoms with Crippen LogP contribution in [0.5, 0.6) is 0 Å². The first-order valence-corrected chi connectivity index (χ1v) is 17.2. The van der Waals surface area contributed by atoms with Crippen molar-refractivity contribution in [2.45, 2.75) is 91.6 Å². The van der Waals surface area contributed by atoms with E-state index in [1.807, 2.05) is 6.20 Å². The van der Waals surface area contributed by atoms with Crippen LogP contribution in [0.2, 0.25) is 0 Å². The van der Waals surface area contributed by atoms with Gasteiger partial charge in [-0.25, -0.2) is 5.43 Å². The lowest BCUT2D eigenvalue weighted by atomic mass is 9.80. The summed E-state index contributed by atoms with van der Waals surface area (Å²) in [6.45, 7) is 25.6. The predicted octanol–water partition coefficient (Wildman–Crippen LogP) is 7.91. The molecular weight excluding hydrogens is 552 g/mol. The number of hydrogen-bond donors (Lipinski definition) is 2. The lowest BCUT2D eigenvalue weighted by Gasteiger charge is -2.36. The van der Waals surface area contributed by atoms with Crippen LogP contribution in [0, 0.1) is 5.41 Å². The quantitative estimate of drug-likeness (QED) is 0.193. The van der Waals surface area contributed by atoms with Crippen molar-refractivity contribution in [1.82, 2.24) is 24.9 Å². The molecule has 5 rings (SSSR count). The molecule has 6 heteroatoms. The van der Waals surface area contributed by atoms with Crippen molar-refractivity contribution in [2.24, 2.45) is 11.1 Å². The molecule has 1 aromatic carbocycles. The molecule has 0 radical (unpaired) electrons. The lowest BCUT2D eigenvalue weighted by Crippen LogP contribution is -2.50. The highest BCUT2D eigenvalue weighted by atomic mass is 15.5. The van der Waals surface area contributed by atoms with Crippen LogP contribution < -0.4 is 11.2 Å². The maximum Gasteiger partial charge on any atom is 0.0584 e. The van der Waals surface area contributed by atoms with Crippen molar-refractivity contribution in [3.8, 4) is 11.3 Å². The van der Waals surface area contributed by atoms with Crippen molar-refractivity contribution in [3.63, 3.8) is 0 Å². The van der Waals surface area contributed by atoms with Gasteiger partial charge < -0.3 is 15.3 Å². The second-order valence-electron chi connectivity index (χ2n) is 14.2. The highest BCUT2D eigenvalue weighted by molar-refractivity contribution is 5.94. The Bertz CT molecular complexity index is 1520. The Labute approximate surface area is 272 Å². The van der Waals surface area contributed by atoms with Crippen molar-refractivity contribution >= 4 is 16.5 Å². The molecule has 2 aromatic heterocycles. The van der Waals surface area contributed by atoms with E-state index in [0.717, 1.165) is 70.6 Å². The standard InChI is InChI=1S/C39H56N6/c1-8-10-19-39(6,7)25-34-33-24-30(17-18-36(33)44(9-2)38(34)32-16-13-20-41-37(32)28(3)4)31-15-14-22-43(26-31)27-35(40)29(5)45-23-12-11-21-42-45/h8,13,15-18,20,24,28,35,42H,1,5,9-12,14,19,21-23,25-27,40H2,2-4,6-7H3. The minimum absolute atomic E-state index is 0.0855. The molecular formula is C39H56N6. The Morgan fingerprint density at radius 2 is 2.00 bits per heavy atom. The van der Waals surface area contributed by atoms with Crippen LogP contribution in [0.1, 0.15) is 89.5 Å². The van der Waals surface area contributed by atoms with Gasteiger partial charge in [0.15, 0.2) is 0 Å². The number of hydrazine groups is 1. The summed E-state index contributed by atoms with van der Waals surface area (Å²) in [4.78, 5) is 7.39. The summed E-state index contributed by atoms with van der Waals surface area (Å²) in [6, 6.07) is 11.5. The minimum atomic E-state index is -0.0855. The third-order valence-corrected chi connectivity index (χ3v) is 9.75. The second kappa shape index (κ2) is 14.5. The SMILES string of the molecule is C=CCCC(C)(C)Cc1c(-c2cccnc2C(C)C)n(CC)c2ccc(C3=CCCN(CC(N)C(=C)N4CCCCN4)C3)cc12. The maximum absolute atomic E-state index is 6.72. The summed E-state index contributed by atoms with van der Waals surface area (Å²) in [6.07, 6.45) is 13.0. The van der Waals surface area contributed by atoms with Gasteiger partial charge in [0.25, 0.3) is 0 Å². The van der Waals surface area contributed by atoms with E-state index in [4.69, 9.17) is 10.7 Å². The van der Waals surface area contributed by atoms with Gasteiger partial charge in [0, 0.05) is 67.6 Å². The van der Waals surface area contributed by atoms with Crippen LogP contribution in [0.3, 0.4) is 0 Å². The number of aromatic nitrogens is 2. The highest BCUT2D eigenvalue weighted by Crippen LogP contribution is 2.42. The number of rotatable bonds is 13. The van der Waals surface area contributed by atoms with Gasteiger partial charge in [0.1, 0.15) is 0 Å². The van der Waals surface area contributed by atoms with Crippen LogP contribution >= 0.6 is 0 Å². The Morgan fingerprint density at radius 3 is 2.71 bits per heavy atom. The molecule has 2 aliphatic rings. The topological polar surface area (TPSA) is 62.4 Å². The Kier molecular flexibility index (Phi) is 10.7. The molecule has 0 saturated carbocycles. The second-order valence-corrected chi connectivity index (χ2v) is 14.2. The van der Waals surface area contributed by atoms with Gasteiger partial charge in [-0.2, -0.15) is 0 Å². The molecule has 3 aromatic rings. The fraction of sp³-hybridized carbons (Fsp3) is 0.513. The molecule has 45 heavy (non-hydrogen) atoms. The normalized spacial score (nSPS) is 17.1. The van der Waals surface area contributed by atoms with E-state index >= 15 is 0 Å². The molecule has 1 unspecified atom stereocenters. The Balaban J connectivity index is 1.51. The number of hydrogen-bond acceptors (Lipinski definition) is 5. The Hall–Kier alpha value is -3.19. The van der Waals surface area contributed by atoms with Gasteiger partial charge in [0.2, 0.25) is 0 Å². The molecule has 6 nitrogen and oxygen atoms in total. The zero-order chi connectivity index (χ0) is 32.1. The fourth-order valence-corrected chi connectivity index (χ4v) is 7.26. The number of benzene rings is 1. The molecule has 1 atom stereocenters. The molecule has 1 saturated heterocycles. The lowest BCUT2D eigenvalue weighted by molar-refractivity contribution is 0.181. The van der Waals surface area contributed by atoms with Crippen molar-refractivity contribution < 1.29 is 0 Å². The molecule has 0 amide bonds. The van der Waals surface area contributed by atoms with Gasteiger partial charge in [-0.15, -0.1) is 6.58 Å².